The summed E-state index contributed by atoms with van der Waals surface area (Å²) in [6.45, 7) is 0.692. The Balaban J connectivity index is 1.39. The van der Waals surface area contributed by atoms with Crippen LogP contribution in [0.25, 0.3) is 0 Å². The van der Waals surface area contributed by atoms with Crippen LogP contribution in [0.1, 0.15) is 17.5 Å². The highest BCUT2D eigenvalue weighted by molar-refractivity contribution is 6.32. The number of fused-ring (bicyclic) bond motifs is 6. The molecule has 2 aromatic carbocycles. The summed E-state index contributed by atoms with van der Waals surface area (Å²) in [6.07, 6.45) is 2.59. The van der Waals surface area contributed by atoms with Crippen LogP contribution in [-0.4, -0.2) is 51.2 Å². The largest absolute Gasteiger partial charge is 0.465 e. The van der Waals surface area contributed by atoms with Crippen molar-refractivity contribution in [1.82, 2.24) is 20.2 Å². The van der Waals surface area contributed by atoms with Crippen molar-refractivity contribution in [2.24, 2.45) is 0 Å². The molecule has 2 aliphatic heterocycles. The number of rotatable bonds is 2. The van der Waals surface area contributed by atoms with Crippen LogP contribution in [0.3, 0.4) is 0 Å². The predicted octanol–water partition coefficient (Wildman–Crippen LogP) is 4.59. The third kappa shape index (κ3) is 5.38. The molecule has 1 aromatic heterocycles. The minimum atomic E-state index is -0.973. The van der Waals surface area contributed by atoms with E-state index in [1.807, 2.05) is 36.4 Å². The van der Waals surface area contributed by atoms with Crippen molar-refractivity contribution >= 4 is 52.6 Å². The second kappa shape index (κ2) is 9.67. The third-order valence-electron chi connectivity index (χ3n) is 6.02. The molecular weight excluding hydrogens is 470 g/mol. The van der Waals surface area contributed by atoms with Crippen molar-refractivity contribution < 1.29 is 14.7 Å². The molecule has 0 spiro atoms. The highest BCUT2D eigenvalue weighted by Gasteiger charge is 2.27. The maximum Gasteiger partial charge on any atom is 0.407 e. The average Bonchev–Trinajstić information content (AvgIpc) is 3.30. The first-order valence-electron chi connectivity index (χ1n) is 11.3. The van der Waals surface area contributed by atoms with Crippen molar-refractivity contribution in [3.63, 3.8) is 0 Å². The molecule has 1 atom stereocenters. The van der Waals surface area contributed by atoms with Gasteiger partial charge in [0.25, 0.3) is 0 Å². The van der Waals surface area contributed by atoms with E-state index in [1.54, 1.807) is 6.20 Å². The van der Waals surface area contributed by atoms with Crippen LogP contribution in [-0.2, 0) is 12.8 Å². The molecule has 0 radical (unpaired) electrons. The fourth-order valence-corrected chi connectivity index (χ4v) is 4.40. The summed E-state index contributed by atoms with van der Waals surface area (Å²) in [7, 11) is 0. The van der Waals surface area contributed by atoms with Gasteiger partial charge in [-0.1, -0.05) is 23.7 Å². The summed E-state index contributed by atoms with van der Waals surface area (Å²) in [5, 5.41) is 21.8. The van der Waals surface area contributed by atoms with Gasteiger partial charge in [0.1, 0.15) is 5.02 Å². The van der Waals surface area contributed by atoms with E-state index >= 15 is 0 Å². The van der Waals surface area contributed by atoms with E-state index in [4.69, 9.17) is 16.7 Å². The number of aromatic nitrogens is 2. The Labute approximate surface area is 206 Å². The van der Waals surface area contributed by atoms with Crippen LogP contribution < -0.4 is 21.3 Å². The topological polar surface area (TPSA) is 132 Å². The number of hydrogen-bond donors (Lipinski definition) is 5. The average molecular weight is 494 g/mol. The van der Waals surface area contributed by atoms with Gasteiger partial charge in [0.05, 0.1) is 6.20 Å². The minimum absolute atomic E-state index is 0.221. The SMILES string of the molecule is O=C(Nc1ccc2cc1CCc1cccc(c1)Nc1ncc(Cl)c(n1)N2)N[C@H]1CCN(C(=O)O)C1. The molecular formula is C24H24ClN7O3. The van der Waals surface area contributed by atoms with E-state index in [0.29, 0.717) is 41.9 Å². The highest BCUT2D eigenvalue weighted by Crippen LogP contribution is 2.29. The van der Waals surface area contributed by atoms with Gasteiger partial charge in [0.15, 0.2) is 5.82 Å². The maximum atomic E-state index is 12.7. The summed E-state index contributed by atoms with van der Waals surface area (Å²) in [5.74, 6) is 0.894. The zero-order valence-corrected chi connectivity index (χ0v) is 19.5. The molecule has 1 saturated heterocycles. The van der Waals surface area contributed by atoms with E-state index in [2.05, 4.69) is 37.3 Å². The smallest absolute Gasteiger partial charge is 0.407 e. The first-order valence-corrected chi connectivity index (χ1v) is 11.6. The van der Waals surface area contributed by atoms with Crippen molar-refractivity contribution in [1.29, 1.82) is 0 Å². The van der Waals surface area contributed by atoms with Gasteiger partial charge in [-0.3, -0.25) is 0 Å². The molecule has 3 heterocycles. The van der Waals surface area contributed by atoms with Crippen molar-refractivity contribution in [2.45, 2.75) is 25.3 Å². The Hall–Kier alpha value is -4.05. The number of hydrogen-bond acceptors (Lipinski definition) is 6. The minimum Gasteiger partial charge on any atom is -0.465 e. The number of amides is 3. The predicted molar refractivity (Wildman–Crippen MR) is 134 cm³/mol. The lowest BCUT2D eigenvalue weighted by Crippen LogP contribution is -2.40. The quantitative estimate of drug-likeness (QED) is 0.353. The van der Waals surface area contributed by atoms with Crippen LogP contribution in [0.5, 0.6) is 0 Å². The van der Waals surface area contributed by atoms with Crippen molar-refractivity contribution in [3.05, 3.63) is 64.8 Å². The summed E-state index contributed by atoms with van der Waals surface area (Å²) in [6, 6.07) is 13.1. The first kappa shape index (κ1) is 22.7. The molecule has 5 rings (SSSR count). The van der Waals surface area contributed by atoms with Crippen LogP contribution in [0.15, 0.2) is 48.7 Å². The van der Waals surface area contributed by atoms with Crippen LogP contribution >= 0.6 is 11.6 Å². The van der Waals surface area contributed by atoms with Crippen molar-refractivity contribution in [3.8, 4) is 0 Å². The molecule has 11 heteroatoms. The molecule has 0 saturated carbocycles. The lowest BCUT2D eigenvalue weighted by Gasteiger charge is -2.17. The molecule has 10 nitrogen and oxygen atoms in total. The Morgan fingerprint density at radius 2 is 1.97 bits per heavy atom. The summed E-state index contributed by atoms with van der Waals surface area (Å²) < 4.78 is 0. The normalized spacial score (nSPS) is 16.6. The molecule has 2 aliphatic rings. The van der Waals surface area contributed by atoms with Gasteiger partial charge in [-0.25, -0.2) is 14.6 Å². The second-order valence-electron chi connectivity index (χ2n) is 8.53. The summed E-state index contributed by atoms with van der Waals surface area (Å²) in [4.78, 5) is 33.9. The Morgan fingerprint density at radius 1 is 1.11 bits per heavy atom. The molecule has 5 N–H and O–H groups in total. The molecule has 0 aliphatic carbocycles. The van der Waals surface area contributed by atoms with Gasteiger partial charge < -0.3 is 31.3 Å². The standard InChI is InChI=1S/C24H24ClN7O3/c25-19-12-26-22-28-16-3-1-2-14(10-16)4-5-15-11-17(27-21(19)31-22)6-7-20(15)30-23(33)29-18-8-9-32(13-18)24(34)35/h1-3,6-7,10-12,18H,4-5,8-9,13H2,(H,34,35)(H2,29,30,33)(H2,26,27,28,31)/t18-/m0/s1. The van der Waals surface area contributed by atoms with E-state index in [-0.39, 0.29) is 18.6 Å². The number of nitrogens with zero attached hydrogens (tertiary/aromatic N) is 3. The van der Waals surface area contributed by atoms with Crippen LogP contribution in [0, 0.1) is 0 Å². The molecule has 3 amide bonds. The number of carboxylic acid groups (broad SMARTS) is 1. The number of urea groups is 1. The number of likely N-dealkylation sites (tertiary alicyclic amines) is 1. The van der Waals surface area contributed by atoms with E-state index in [9.17, 15) is 9.59 Å². The van der Waals surface area contributed by atoms with Gasteiger partial charge in [0.2, 0.25) is 5.95 Å². The lowest BCUT2D eigenvalue weighted by atomic mass is 10.0. The van der Waals surface area contributed by atoms with Gasteiger partial charge in [-0.15, -0.1) is 0 Å². The zero-order chi connectivity index (χ0) is 24.4. The van der Waals surface area contributed by atoms with Gasteiger partial charge in [-0.2, -0.15) is 4.98 Å². The van der Waals surface area contributed by atoms with Crippen LogP contribution in [0.4, 0.5) is 38.4 Å². The van der Waals surface area contributed by atoms with E-state index in [1.165, 1.54) is 4.90 Å². The van der Waals surface area contributed by atoms with E-state index < -0.39 is 6.09 Å². The summed E-state index contributed by atoms with van der Waals surface area (Å²) in [5.41, 5.74) is 4.38. The number of carbonyl (C=O) groups is 2. The van der Waals surface area contributed by atoms with E-state index in [0.717, 1.165) is 28.9 Å². The molecule has 6 bridgehead atoms. The second-order valence-corrected chi connectivity index (χ2v) is 8.93. The first-order chi connectivity index (χ1) is 16.9. The number of carbonyl (C=O) groups excluding carboxylic acids is 1. The molecule has 35 heavy (non-hydrogen) atoms. The van der Waals surface area contributed by atoms with Crippen LogP contribution in [0.2, 0.25) is 5.02 Å². The number of aryl methyl sites for hydroxylation is 2. The van der Waals surface area contributed by atoms with Gasteiger partial charge in [0, 0.05) is 36.2 Å². The molecule has 1 fully saturated rings. The lowest BCUT2D eigenvalue weighted by molar-refractivity contribution is 0.154. The van der Waals surface area contributed by atoms with Gasteiger partial charge >= 0.3 is 12.1 Å². The maximum absolute atomic E-state index is 12.7. The highest BCUT2D eigenvalue weighted by atomic mass is 35.5. The fraction of sp³-hybridized carbons (Fsp3) is 0.250. The fourth-order valence-electron chi connectivity index (χ4n) is 4.26. The number of anilines is 5. The van der Waals surface area contributed by atoms with Gasteiger partial charge in [-0.05, 0) is 60.7 Å². The Kier molecular flexibility index (Phi) is 6.28. The monoisotopic (exact) mass is 493 g/mol. The molecule has 180 valence electrons. The molecule has 3 aromatic rings. The number of nitrogens with one attached hydrogen (secondary N) is 4. The molecule has 0 unspecified atom stereocenters. The summed E-state index contributed by atoms with van der Waals surface area (Å²) >= 11 is 6.32. The number of halogens is 1. The number of benzene rings is 2. The Bertz CT molecular complexity index is 1290. The third-order valence-corrected chi connectivity index (χ3v) is 6.30. The Morgan fingerprint density at radius 3 is 2.80 bits per heavy atom. The van der Waals surface area contributed by atoms with Crippen molar-refractivity contribution in [2.75, 3.05) is 29.0 Å². The zero-order valence-electron chi connectivity index (χ0n) is 18.7.